The number of aromatic nitrogens is 8. The summed E-state index contributed by atoms with van der Waals surface area (Å²) < 4.78 is 17.1. The first-order valence-corrected chi connectivity index (χ1v) is 19.9. The van der Waals surface area contributed by atoms with Crippen molar-refractivity contribution in [3.05, 3.63) is 51.4 Å². The van der Waals surface area contributed by atoms with Crippen molar-refractivity contribution in [2.45, 2.75) is 75.0 Å². The lowest BCUT2D eigenvalue weighted by Gasteiger charge is -2.36. The van der Waals surface area contributed by atoms with Crippen molar-refractivity contribution < 1.29 is 14.4 Å². The van der Waals surface area contributed by atoms with Crippen LogP contribution in [0.5, 0.6) is 0 Å². The van der Waals surface area contributed by atoms with Crippen LogP contribution in [0.25, 0.3) is 11.3 Å². The van der Waals surface area contributed by atoms with E-state index in [0.717, 1.165) is 89.2 Å². The Morgan fingerprint density at radius 3 is 1.94 bits per heavy atom. The highest BCUT2D eigenvalue weighted by molar-refractivity contribution is 9.11. The largest absolute Gasteiger partial charge is 0.396 e. The van der Waals surface area contributed by atoms with E-state index >= 15 is 0 Å². The molecular formula is C32H42Br2N12O3S. The lowest BCUT2D eigenvalue weighted by atomic mass is 9.99. The molecule has 268 valence electrons. The van der Waals surface area contributed by atoms with Gasteiger partial charge in [-0.25, -0.2) is 24.5 Å². The molecule has 5 aromatic rings. The lowest BCUT2D eigenvalue weighted by molar-refractivity contribution is 0.262. The van der Waals surface area contributed by atoms with Gasteiger partial charge in [0, 0.05) is 81.3 Å². The van der Waals surface area contributed by atoms with Crippen molar-refractivity contribution in [2.24, 2.45) is 0 Å². The number of nitrogen functional groups attached to an aromatic ring is 1. The minimum atomic E-state index is -1.16. The van der Waals surface area contributed by atoms with E-state index in [9.17, 15) is 14.4 Å². The second-order valence-electron chi connectivity index (χ2n) is 12.4. The van der Waals surface area contributed by atoms with E-state index in [1.165, 1.54) is 12.8 Å². The van der Waals surface area contributed by atoms with Gasteiger partial charge in [-0.15, -0.1) is 0 Å². The second-order valence-corrected chi connectivity index (χ2v) is 15.4. The van der Waals surface area contributed by atoms with Gasteiger partial charge in [-0.3, -0.25) is 4.21 Å². The SMILES string of the molecule is CS(=O)c1cc(N2CCCC[C@H]2CCO)nc2c(Br)cnn12.Nc1ncc(CNc2cc(N3CCCC[C@H]3CCO)nc3c(Br)cnn23)cn1. The molecule has 50 heavy (non-hydrogen) atoms. The van der Waals surface area contributed by atoms with Gasteiger partial charge >= 0.3 is 0 Å². The molecule has 0 bridgehead atoms. The van der Waals surface area contributed by atoms with Crippen LogP contribution in [0.15, 0.2) is 50.9 Å². The van der Waals surface area contributed by atoms with Crippen molar-refractivity contribution in [3.8, 4) is 0 Å². The number of nitrogens with one attached hydrogen (secondary N) is 1. The highest BCUT2D eigenvalue weighted by atomic mass is 79.9. The van der Waals surface area contributed by atoms with Crippen LogP contribution in [0.1, 0.15) is 56.9 Å². The molecule has 0 spiro atoms. The van der Waals surface area contributed by atoms with E-state index in [-0.39, 0.29) is 25.2 Å². The number of fused-ring (bicyclic) bond motifs is 2. The van der Waals surface area contributed by atoms with Crippen LogP contribution in [0.3, 0.4) is 0 Å². The molecular weight excluding hydrogens is 792 g/mol. The quantitative estimate of drug-likeness (QED) is 0.147. The van der Waals surface area contributed by atoms with Gasteiger partial charge in [0.25, 0.3) is 0 Å². The van der Waals surface area contributed by atoms with E-state index in [2.05, 4.69) is 67.1 Å². The molecule has 0 aromatic carbocycles. The summed E-state index contributed by atoms with van der Waals surface area (Å²) in [5.41, 5.74) is 7.91. The summed E-state index contributed by atoms with van der Waals surface area (Å²) in [6, 6.07) is 4.46. The summed E-state index contributed by atoms with van der Waals surface area (Å²) in [6.07, 6.45) is 16.7. The van der Waals surface area contributed by atoms with E-state index in [1.54, 1.807) is 40.1 Å². The van der Waals surface area contributed by atoms with E-state index in [1.807, 2.05) is 12.1 Å². The van der Waals surface area contributed by atoms with Crippen LogP contribution in [0.4, 0.5) is 23.4 Å². The zero-order valence-corrected chi connectivity index (χ0v) is 31.8. The highest BCUT2D eigenvalue weighted by Crippen LogP contribution is 2.31. The zero-order valence-electron chi connectivity index (χ0n) is 27.8. The molecule has 3 atom stereocenters. The Bertz CT molecular complexity index is 1920. The number of hydrogen-bond acceptors (Lipinski definition) is 13. The third-order valence-corrected chi connectivity index (χ3v) is 11.1. The smallest absolute Gasteiger partial charge is 0.219 e. The van der Waals surface area contributed by atoms with Crippen LogP contribution in [0, 0.1) is 0 Å². The van der Waals surface area contributed by atoms with Crippen molar-refractivity contribution in [3.63, 3.8) is 0 Å². The van der Waals surface area contributed by atoms with E-state index < -0.39 is 10.8 Å². The minimum Gasteiger partial charge on any atom is -0.396 e. The van der Waals surface area contributed by atoms with Crippen molar-refractivity contribution >= 4 is 77.4 Å². The average Bonchev–Trinajstić information content (AvgIpc) is 3.70. The Morgan fingerprint density at radius 2 is 1.38 bits per heavy atom. The molecule has 5 aromatic heterocycles. The molecule has 0 saturated carbocycles. The second kappa shape index (κ2) is 16.7. The van der Waals surface area contributed by atoms with Gasteiger partial charge in [0.2, 0.25) is 5.95 Å². The molecule has 2 aliphatic rings. The zero-order chi connectivity index (χ0) is 35.2. The van der Waals surface area contributed by atoms with Crippen LogP contribution in [-0.4, -0.2) is 98.2 Å². The number of hydrogen-bond donors (Lipinski definition) is 4. The average molecular weight is 835 g/mol. The molecule has 2 aliphatic heterocycles. The maximum atomic E-state index is 12.1. The topological polar surface area (TPSA) is 188 Å². The van der Waals surface area contributed by atoms with Gasteiger partial charge < -0.3 is 31.1 Å². The Morgan fingerprint density at radius 1 is 0.840 bits per heavy atom. The molecule has 7 heterocycles. The summed E-state index contributed by atoms with van der Waals surface area (Å²) in [4.78, 5) is 22.1. The third-order valence-electron chi connectivity index (χ3n) is 9.06. The maximum absolute atomic E-state index is 12.1. The number of rotatable bonds is 10. The monoisotopic (exact) mass is 832 g/mol. The van der Waals surface area contributed by atoms with Gasteiger partial charge in [0.1, 0.15) is 22.5 Å². The fourth-order valence-electron chi connectivity index (χ4n) is 6.60. The van der Waals surface area contributed by atoms with Crippen LogP contribution >= 0.6 is 31.9 Å². The molecule has 2 fully saturated rings. The Kier molecular flexibility index (Phi) is 12.1. The fraction of sp³-hybridized carbons (Fsp3) is 0.500. The third kappa shape index (κ3) is 8.19. The van der Waals surface area contributed by atoms with Crippen LogP contribution < -0.4 is 20.9 Å². The molecule has 0 aliphatic carbocycles. The van der Waals surface area contributed by atoms with Gasteiger partial charge in [-0.1, -0.05) is 0 Å². The van der Waals surface area contributed by atoms with Crippen LogP contribution in [-0.2, 0) is 17.3 Å². The predicted molar refractivity (Wildman–Crippen MR) is 201 cm³/mol. The number of nitrogens with zero attached hydrogens (tertiary/aromatic N) is 10. The summed E-state index contributed by atoms with van der Waals surface area (Å²) in [5, 5.41) is 31.4. The number of aliphatic hydroxyl groups excluding tert-OH is 2. The predicted octanol–water partition coefficient (Wildman–Crippen LogP) is 4.19. The first-order chi connectivity index (χ1) is 24.3. The molecule has 5 N–H and O–H groups in total. The Labute approximate surface area is 309 Å². The highest BCUT2D eigenvalue weighted by Gasteiger charge is 2.26. The first kappa shape index (κ1) is 36.3. The fourth-order valence-corrected chi connectivity index (χ4v) is 7.94. The standard InChI is InChI=1S/C18H23BrN8O.C14H19BrN4O2S/c19-14-11-24-27-15(21-8-12-9-22-18(20)23-10-12)7-16(25-17(14)27)26-5-2-1-3-13(26)4-6-28;1-22(21)13-8-12(17-14-11(15)9-16-19(13)14)18-6-3-2-4-10(18)5-7-20/h7,9-11,13,21,28H,1-6,8H2,(H2,20,22,23);8-10,20H,2-7H2,1H3/t13-;10-,22?/m00/s1. The molecule has 15 nitrogen and oxygen atoms in total. The number of piperidine rings is 2. The normalized spacial score (nSPS) is 18.7. The summed E-state index contributed by atoms with van der Waals surface area (Å²) in [5.74, 6) is 2.80. The van der Waals surface area contributed by atoms with Gasteiger partial charge in [0.15, 0.2) is 11.3 Å². The number of halogens is 2. The summed E-state index contributed by atoms with van der Waals surface area (Å²) in [6.45, 7) is 2.74. The number of nitrogens with two attached hydrogens (primary N) is 1. The molecule has 2 saturated heterocycles. The number of aliphatic hydroxyl groups is 2. The summed E-state index contributed by atoms with van der Waals surface area (Å²) >= 11 is 6.99. The van der Waals surface area contributed by atoms with Crippen LogP contribution in [0.2, 0.25) is 0 Å². The van der Waals surface area contributed by atoms with Gasteiger partial charge in [-0.05, 0) is 83.2 Å². The van der Waals surface area contributed by atoms with E-state index in [4.69, 9.17) is 15.7 Å². The summed E-state index contributed by atoms with van der Waals surface area (Å²) in [7, 11) is -1.16. The maximum Gasteiger partial charge on any atom is 0.219 e. The first-order valence-electron chi connectivity index (χ1n) is 16.7. The minimum absolute atomic E-state index is 0.173. The van der Waals surface area contributed by atoms with Crippen molar-refractivity contribution in [1.82, 2.24) is 39.2 Å². The molecule has 1 unspecified atom stereocenters. The Hall–Kier alpha value is -3.45. The lowest BCUT2D eigenvalue weighted by Crippen LogP contribution is -2.40. The van der Waals surface area contributed by atoms with Gasteiger partial charge in [0.05, 0.1) is 32.1 Å². The Balaban J connectivity index is 0.000000178. The van der Waals surface area contributed by atoms with Gasteiger partial charge in [-0.2, -0.15) is 14.7 Å². The molecule has 7 rings (SSSR count). The van der Waals surface area contributed by atoms with E-state index in [0.29, 0.717) is 23.3 Å². The van der Waals surface area contributed by atoms with Crippen molar-refractivity contribution in [2.75, 3.05) is 53.4 Å². The molecule has 18 heteroatoms. The number of anilines is 4. The molecule has 0 amide bonds. The van der Waals surface area contributed by atoms with Crippen molar-refractivity contribution in [1.29, 1.82) is 0 Å². The molecule has 0 radical (unpaired) electrons.